The first-order valence-electron chi connectivity index (χ1n) is 41.2. The molecule has 0 aromatic carbocycles. The van der Waals surface area contributed by atoms with Gasteiger partial charge in [-0.15, -0.1) is 0 Å². The molecule has 0 aliphatic carbocycles. The van der Waals surface area contributed by atoms with Crippen molar-refractivity contribution in [2.75, 3.05) is 39.6 Å². The van der Waals surface area contributed by atoms with Crippen LogP contribution in [0.4, 0.5) is 0 Å². The Labute approximate surface area is 622 Å². The zero-order chi connectivity index (χ0) is 74.6. The summed E-state index contributed by atoms with van der Waals surface area (Å²) in [6.45, 7) is 4.77. The molecule has 17 nitrogen and oxygen atoms in total. The highest BCUT2D eigenvalue weighted by Gasteiger charge is 2.30. The van der Waals surface area contributed by atoms with Gasteiger partial charge in [0.05, 0.1) is 26.4 Å². The van der Waals surface area contributed by atoms with E-state index in [1.165, 1.54) is 186 Å². The molecule has 0 heterocycles. The highest BCUT2D eigenvalue weighted by Crippen LogP contribution is 2.45. The minimum absolute atomic E-state index is 0.0405. The normalized spacial score (nSPS) is 14.2. The molecule has 0 saturated carbocycles. The molecule has 0 aliphatic heterocycles. The van der Waals surface area contributed by atoms with E-state index in [0.717, 1.165) is 103 Å². The van der Waals surface area contributed by atoms with Crippen molar-refractivity contribution >= 4 is 39.5 Å². The first-order valence-corrected chi connectivity index (χ1v) is 44.2. The van der Waals surface area contributed by atoms with Gasteiger partial charge < -0.3 is 33.8 Å². The van der Waals surface area contributed by atoms with Gasteiger partial charge in [0.1, 0.15) is 19.3 Å². The van der Waals surface area contributed by atoms with Gasteiger partial charge in [-0.2, -0.15) is 0 Å². The molecule has 0 radical (unpaired) electrons. The minimum Gasteiger partial charge on any atom is -0.462 e. The molecule has 3 N–H and O–H groups in total. The third kappa shape index (κ3) is 74.8. The van der Waals surface area contributed by atoms with Crippen molar-refractivity contribution in [2.24, 2.45) is 0 Å². The number of esters is 4. The van der Waals surface area contributed by atoms with Gasteiger partial charge in [-0.1, -0.05) is 357 Å². The number of ether oxygens (including phenoxy) is 4. The van der Waals surface area contributed by atoms with Gasteiger partial charge in [-0.25, -0.2) is 9.13 Å². The molecule has 0 aromatic rings. The van der Waals surface area contributed by atoms with Gasteiger partial charge in [0.25, 0.3) is 0 Å². The fourth-order valence-electron chi connectivity index (χ4n) is 11.5. The van der Waals surface area contributed by atoms with Crippen LogP contribution in [0.1, 0.15) is 374 Å². The van der Waals surface area contributed by atoms with E-state index < -0.39 is 97.5 Å². The van der Waals surface area contributed by atoms with Gasteiger partial charge >= 0.3 is 39.5 Å². The predicted molar refractivity (Wildman–Crippen MR) is 418 cm³/mol. The molecule has 0 amide bonds. The monoisotopic (exact) mass is 1480 g/mol. The molecule has 0 aromatic heterocycles. The molecule has 0 saturated heterocycles. The lowest BCUT2D eigenvalue weighted by Gasteiger charge is -2.21. The Balaban J connectivity index is 5.37. The minimum atomic E-state index is -4.99. The summed E-state index contributed by atoms with van der Waals surface area (Å²) in [5.41, 5.74) is 0. The standard InChI is InChI=1S/C83H150O17P2/c1-5-9-13-17-21-25-29-33-36-37-38-39-42-45-48-52-56-60-64-68-81(86)94-74-79(100-83(88)70-66-62-58-54-50-46-41-35-31-27-23-19-15-11-7-3)76-98-102(91,92)96-72-77(84)71-95-101(89,90)97-75-78(99-82(87)69-65-61-57-53-49-43-32-28-24-20-16-12-8-4)73-93-80(85)67-63-59-55-51-47-44-40-34-30-26-22-18-14-10-6-2/h9,13,21,25,33,36,38-39,45,48,56,60,77-79,84H,5-8,10-12,14-20,22-24,26-32,34-35,37,40-44,46-47,49-55,57-59,61-76H2,1-4H3,(H,89,90)(H,91,92)/b13-9-,25-21-,36-33-,39-38-,48-45-,60-56-. The topological polar surface area (TPSA) is 237 Å². The van der Waals surface area contributed by atoms with Crippen LogP contribution in [0.25, 0.3) is 0 Å². The fourth-order valence-corrected chi connectivity index (χ4v) is 13.1. The largest absolute Gasteiger partial charge is 0.472 e. The Kier molecular flexibility index (Phi) is 73.1. The van der Waals surface area contributed by atoms with Crippen LogP contribution in [0.3, 0.4) is 0 Å². The second-order valence-electron chi connectivity index (χ2n) is 27.7. The number of hydrogen-bond donors (Lipinski definition) is 3. The Bertz CT molecular complexity index is 2210. The fraction of sp³-hybridized carbons (Fsp3) is 0.807. The van der Waals surface area contributed by atoms with Crippen molar-refractivity contribution < 1.29 is 80.2 Å². The lowest BCUT2D eigenvalue weighted by molar-refractivity contribution is -0.161. The maximum Gasteiger partial charge on any atom is 0.472 e. The van der Waals surface area contributed by atoms with E-state index in [4.69, 9.17) is 37.0 Å². The van der Waals surface area contributed by atoms with E-state index in [1.807, 2.05) is 12.2 Å². The van der Waals surface area contributed by atoms with Crippen molar-refractivity contribution in [1.82, 2.24) is 0 Å². The lowest BCUT2D eigenvalue weighted by atomic mass is 10.0. The molecule has 102 heavy (non-hydrogen) atoms. The van der Waals surface area contributed by atoms with Gasteiger partial charge in [0.2, 0.25) is 0 Å². The second-order valence-corrected chi connectivity index (χ2v) is 30.6. The Hall–Kier alpha value is -3.50. The first kappa shape index (κ1) is 98.5. The molecule has 19 heteroatoms. The van der Waals surface area contributed by atoms with Crippen LogP contribution in [0.5, 0.6) is 0 Å². The van der Waals surface area contributed by atoms with Gasteiger partial charge in [-0.3, -0.25) is 37.3 Å². The summed E-state index contributed by atoms with van der Waals surface area (Å²) in [5, 5.41) is 10.6. The number of aliphatic hydroxyl groups is 1. The van der Waals surface area contributed by atoms with Gasteiger partial charge in [-0.05, 0) is 64.2 Å². The predicted octanol–water partition coefficient (Wildman–Crippen LogP) is 24.0. The average molecular weight is 1480 g/mol. The smallest absolute Gasteiger partial charge is 0.462 e. The number of aliphatic hydroxyl groups excluding tert-OH is 1. The number of phosphoric ester groups is 2. The Morgan fingerprint density at radius 2 is 0.510 bits per heavy atom. The summed E-state index contributed by atoms with van der Waals surface area (Å²) in [7, 11) is -9.96. The quantitative estimate of drug-likeness (QED) is 0.0169. The van der Waals surface area contributed by atoms with E-state index in [2.05, 4.69) is 88.5 Å². The number of carbonyl (C=O) groups excluding carboxylic acids is 4. The molecule has 0 rings (SSSR count). The Morgan fingerprint density at radius 1 is 0.284 bits per heavy atom. The summed E-state index contributed by atoms with van der Waals surface area (Å²) >= 11 is 0. The van der Waals surface area contributed by atoms with E-state index >= 15 is 0 Å². The van der Waals surface area contributed by atoms with Crippen LogP contribution in [-0.4, -0.2) is 96.7 Å². The molecular formula is C83H150O17P2. The summed E-state index contributed by atoms with van der Waals surface area (Å²) in [5.74, 6) is -2.23. The molecule has 594 valence electrons. The highest BCUT2D eigenvalue weighted by molar-refractivity contribution is 7.47. The van der Waals surface area contributed by atoms with Gasteiger partial charge in [0, 0.05) is 25.7 Å². The lowest BCUT2D eigenvalue weighted by Crippen LogP contribution is -2.30. The molecular weight excluding hydrogens is 1330 g/mol. The van der Waals surface area contributed by atoms with E-state index in [-0.39, 0.29) is 25.7 Å². The summed E-state index contributed by atoms with van der Waals surface area (Å²) < 4.78 is 68.6. The van der Waals surface area contributed by atoms with Crippen LogP contribution in [0, 0.1) is 0 Å². The van der Waals surface area contributed by atoms with Crippen molar-refractivity contribution in [3.63, 3.8) is 0 Å². The van der Waals surface area contributed by atoms with Crippen LogP contribution < -0.4 is 0 Å². The number of carbonyl (C=O) groups is 4. The van der Waals surface area contributed by atoms with Crippen molar-refractivity contribution in [2.45, 2.75) is 393 Å². The first-order chi connectivity index (χ1) is 49.7. The number of rotatable bonds is 78. The van der Waals surface area contributed by atoms with Crippen LogP contribution >= 0.6 is 15.6 Å². The third-order valence-electron chi connectivity index (χ3n) is 17.7. The molecule has 5 unspecified atom stereocenters. The van der Waals surface area contributed by atoms with E-state index in [1.54, 1.807) is 0 Å². The molecule has 0 spiro atoms. The summed E-state index contributed by atoms with van der Waals surface area (Å²) in [6, 6.07) is 0. The summed E-state index contributed by atoms with van der Waals surface area (Å²) in [6.07, 6.45) is 77.4. The summed E-state index contributed by atoms with van der Waals surface area (Å²) in [4.78, 5) is 73.0. The van der Waals surface area contributed by atoms with Crippen LogP contribution in [-0.2, 0) is 65.4 Å². The molecule has 0 fully saturated rings. The zero-order valence-corrected chi connectivity index (χ0v) is 66.8. The Morgan fingerprint density at radius 3 is 0.784 bits per heavy atom. The van der Waals surface area contributed by atoms with Crippen LogP contribution in [0.15, 0.2) is 72.9 Å². The maximum absolute atomic E-state index is 13.1. The van der Waals surface area contributed by atoms with E-state index in [9.17, 15) is 43.2 Å². The van der Waals surface area contributed by atoms with Crippen molar-refractivity contribution in [3.8, 4) is 0 Å². The third-order valence-corrected chi connectivity index (χ3v) is 19.6. The SMILES string of the molecule is CC/C=C\C/C=C\C/C=C\C/C=C\C/C=C\C/C=C\CCC(=O)OCC(COP(=O)(O)OCC(O)COP(=O)(O)OCC(COC(=O)CCCCCCCCCCCCCCCCC)OC(=O)CCCCCCCCCCCCCCC)OC(=O)CCCCCCCCCCCCCCCCC. The van der Waals surface area contributed by atoms with E-state index in [0.29, 0.717) is 32.1 Å². The zero-order valence-electron chi connectivity index (χ0n) is 65.0. The number of unbranched alkanes of at least 4 members (excludes halogenated alkanes) is 40. The average Bonchev–Trinajstić information content (AvgIpc) is 0.924. The second kappa shape index (κ2) is 75.7. The molecule has 0 bridgehead atoms. The highest BCUT2D eigenvalue weighted by atomic mass is 31.2. The number of hydrogen-bond acceptors (Lipinski definition) is 15. The van der Waals surface area contributed by atoms with Crippen molar-refractivity contribution in [3.05, 3.63) is 72.9 Å². The van der Waals surface area contributed by atoms with Gasteiger partial charge in [0.15, 0.2) is 12.2 Å². The molecule has 0 aliphatic rings. The maximum atomic E-state index is 13.1. The number of phosphoric acid groups is 2. The number of allylic oxidation sites excluding steroid dienone is 12. The van der Waals surface area contributed by atoms with Crippen LogP contribution in [0.2, 0.25) is 0 Å². The molecule has 5 atom stereocenters. The van der Waals surface area contributed by atoms with Crippen molar-refractivity contribution in [1.29, 1.82) is 0 Å².